The molecule has 0 radical (unpaired) electrons. The van der Waals surface area contributed by atoms with Gasteiger partial charge in [0.15, 0.2) is 5.82 Å². The van der Waals surface area contributed by atoms with Crippen LogP contribution in [0.5, 0.6) is 0 Å². The van der Waals surface area contributed by atoms with Gasteiger partial charge in [-0.15, -0.1) is 0 Å². The molecule has 0 atom stereocenters. The fraction of sp³-hybridized carbons (Fsp3) is 0.250. The van der Waals surface area contributed by atoms with Gasteiger partial charge >= 0.3 is 0 Å². The number of rotatable bonds is 6. The second-order valence-electron chi connectivity index (χ2n) is 5.87. The molecular weight excluding hydrogens is 314 g/mol. The Kier molecular flexibility index (Phi) is 5.23. The maximum Gasteiger partial charge on any atom is 0.258 e. The van der Waals surface area contributed by atoms with Crippen molar-refractivity contribution in [3.05, 3.63) is 66.0 Å². The van der Waals surface area contributed by atoms with Crippen LogP contribution in [-0.2, 0) is 0 Å². The average Bonchev–Trinajstić information content (AvgIpc) is 3.09. The lowest BCUT2D eigenvalue weighted by atomic mass is 10.1. The smallest absolute Gasteiger partial charge is 0.258 e. The van der Waals surface area contributed by atoms with Gasteiger partial charge in [-0.2, -0.15) is 4.98 Å². The number of anilines is 1. The van der Waals surface area contributed by atoms with Gasteiger partial charge in [0, 0.05) is 23.4 Å². The van der Waals surface area contributed by atoms with Crippen molar-refractivity contribution in [2.24, 2.45) is 0 Å². The molecular formula is C20H21N3O2. The molecule has 0 saturated carbocycles. The molecule has 25 heavy (non-hydrogen) atoms. The largest absolute Gasteiger partial charge is 0.334 e. The van der Waals surface area contributed by atoms with E-state index in [1.807, 2.05) is 47.4 Å². The van der Waals surface area contributed by atoms with Gasteiger partial charge in [-0.3, -0.25) is 4.79 Å². The van der Waals surface area contributed by atoms with Gasteiger partial charge in [0.25, 0.3) is 11.8 Å². The first kappa shape index (κ1) is 16.9. The zero-order valence-corrected chi connectivity index (χ0v) is 14.5. The van der Waals surface area contributed by atoms with Gasteiger partial charge in [0.2, 0.25) is 0 Å². The van der Waals surface area contributed by atoms with E-state index in [4.69, 9.17) is 4.52 Å². The van der Waals surface area contributed by atoms with E-state index in [-0.39, 0.29) is 5.91 Å². The minimum Gasteiger partial charge on any atom is -0.334 e. The number of hydrogen-bond donors (Lipinski definition) is 0. The van der Waals surface area contributed by atoms with Crippen LogP contribution < -0.4 is 4.90 Å². The first-order chi connectivity index (χ1) is 12.2. The first-order valence-electron chi connectivity index (χ1n) is 8.46. The molecule has 0 aliphatic carbocycles. The van der Waals surface area contributed by atoms with Crippen molar-refractivity contribution in [3.8, 4) is 11.5 Å². The number of amides is 1. The maximum absolute atomic E-state index is 13.0. The lowest BCUT2D eigenvalue weighted by Crippen LogP contribution is -2.31. The van der Waals surface area contributed by atoms with Crippen molar-refractivity contribution in [3.63, 3.8) is 0 Å². The van der Waals surface area contributed by atoms with E-state index in [0.29, 0.717) is 23.8 Å². The molecule has 1 heterocycles. The molecule has 3 aromatic rings. The molecule has 0 aliphatic heterocycles. The second kappa shape index (κ2) is 7.75. The van der Waals surface area contributed by atoms with Crippen LogP contribution in [0.1, 0.15) is 35.9 Å². The Labute approximate surface area is 147 Å². The predicted octanol–water partition coefficient (Wildman–Crippen LogP) is 4.49. The maximum atomic E-state index is 13.0. The fourth-order valence-electron chi connectivity index (χ4n) is 2.60. The van der Waals surface area contributed by atoms with E-state index in [0.717, 1.165) is 24.1 Å². The minimum atomic E-state index is -0.00657. The molecule has 3 rings (SSSR count). The second-order valence-corrected chi connectivity index (χ2v) is 5.87. The molecule has 5 heteroatoms. The number of carbonyl (C=O) groups excluding carboxylic acids is 1. The van der Waals surface area contributed by atoms with Gasteiger partial charge < -0.3 is 9.42 Å². The summed E-state index contributed by atoms with van der Waals surface area (Å²) in [4.78, 5) is 19.0. The third-order valence-electron chi connectivity index (χ3n) is 3.95. The van der Waals surface area contributed by atoms with Crippen LogP contribution in [-0.4, -0.2) is 22.6 Å². The highest BCUT2D eigenvalue weighted by molar-refractivity contribution is 6.06. The monoisotopic (exact) mass is 335 g/mol. The number of benzene rings is 2. The van der Waals surface area contributed by atoms with E-state index in [9.17, 15) is 4.79 Å². The number of nitrogens with zero attached hydrogens (tertiary/aromatic N) is 3. The van der Waals surface area contributed by atoms with Gasteiger partial charge in [-0.25, -0.2) is 0 Å². The molecule has 0 aliphatic rings. The third kappa shape index (κ3) is 3.94. The van der Waals surface area contributed by atoms with E-state index in [2.05, 4.69) is 17.1 Å². The van der Waals surface area contributed by atoms with Crippen LogP contribution in [0.4, 0.5) is 5.69 Å². The molecule has 128 valence electrons. The first-order valence-corrected chi connectivity index (χ1v) is 8.46. The van der Waals surface area contributed by atoms with Crippen molar-refractivity contribution in [1.82, 2.24) is 10.1 Å². The van der Waals surface area contributed by atoms with Crippen molar-refractivity contribution in [1.29, 1.82) is 0 Å². The number of carbonyl (C=O) groups is 1. The lowest BCUT2D eigenvalue weighted by molar-refractivity contribution is 0.0986. The highest BCUT2D eigenvalue weighted by atomic mass is 16.5. The molecule has 0 fully saturated rings. The number of aryl methyl sites for hydroxylation is 1. The van der Waals surface area contributed by atoms with Gasteiger partial charge in [-0.05, 0) is 49.7 Å². The third-order valence-corrected chi connectivity index (χ3v) is 3.95. The Balaban J connectivity index is 1.84. The predicted molar refractivity (Wildman–Crippen MR) is 97.5 cm³/mol. The molecule has 0 N–H and O–H groups in total. The van der Waals surface area contributed by atoms with Crippen LogP contribution in [0.15, 0.2) is 59.1 Å². The lowest BCUT2D eigenvalue weighted by Gasteiger charge is -2.23. The highest BCUT2D eigenvalue weighted by Gasteiger charge is 2.17. The normalized spacial score (nSPS) is 10.6. The van der Waals surface area contributed by atoms with E-state index in [1.165, 1.54) is 0 Å². The summed E-state index contributed by atoms with van der Waals surface area (Å²) >= 11 is 0. The van der Waals surface area contributed by atoms with E-state index < -0.39 is 0 Å². The Hall–Kier alpha value is -2.95. The molecule has 1 amide bonds. The Morgan fingerprint density at radius 3 is 2.40 bits per heavy atom. The van der Waals surface area contributed by atoms with Crippen molar-refractivity contribution < 1.29 is 9.32 Å². The summed E-state index contributed by atoms with van der Waals surface area (Å²) in [6.45, 7) is 4.59. The number of para-hydroxylation sites is 1. The Morgan fingerprint density at radius 1 is 1.08 bits per heavy atom. The van der Waals surface area contributed by atoms with Crippen molar-refractivity contribution in [2.75, 3.05) is 11.4 Å². The number of aromatic nitrogens is 2. The Morgan fingerprint density at radius 2 is 1.80 bits per heavy atom. The summed E-state index contributed by atoms with van der Waals surface area (Å²) in [7, 11) is 0. The van der Waals surface area contributed by atoms with E-state index in [1.54, 1.807) is 19.1 Å². The topological polar surface area (TPSA) is 59.2 Å². The number of hydrogen-bond acceptors (Lipinski definition) is 4. The minimum absolute atomic E-state index is 0.00657. The zero-order chi connectivity index (χ0) is 17.6. The highest BCUT2D eigenvalue weighted by Crippen LogP contribution is 2.21. The standard InChI is InChI=1S/C20H21N3O2/c1-3-4-14-23(18-8-6-5-7-9-18)20(24)17-12-10-16(11-13-17)19-21-15(2)22-25-19/h5-13H,3-4,14H2,1-2H3. The van der Waals surface area contributed by atoms with Gasteiger partial charge in [0.1, 0.15) is 0 Å². The fourth-order valence-corrected chi connectivity index (χ4v) is 2.60. The molecule has 0 unspecified atom stereocenters. The SMILES string of the molecule is CCCCN(C(=O)c1ccc(-c2nc(C)no2)cc1)c1ccccc1. The van der Waals surface area contributed by atoms with E-state index >= 15 is 0 Å². The van der Waals surface area contributed by atoms with Gasteiger partial charge in [0.05, 0.1) is 0 Å². The number of unbranched alkanes of at least 4 members (excludes halogenated alkanes) is 1. The molecule has 2 aromatic carbocycles. The van der Waals surface area contributed by atoms with Gasteiger partial charge in [-0.1, -0.05) is 36.7 Å². The average molecular weight is 335 g/mol. The summed E-state index contributed by atoms with van der Waals surface area (Å²) in [6, 6.07) is 17.1. The van der Waals surface area contributed by atoms with Crippen LogP contribution in [0, 0.1) is 6.92 Å². The zero-order valence-electron chi connectivity index (χ0n) is 14.5. The van der Waals surface area contributed by atoms with Crippen LogP contribution in [0.3, 0.4) is 0 Å². The summed E-state index contributed by atoms with van der Waals surface area (Å²) in [5, 5.41) is 3.79. The summed E-state index contributed by atoms with van der Waals surface area (Å²) in [6.07, 6.45) is 1.99. The Bertz CT molecular complexity index is 826. The summed E-state index contributed by atoms with van der Waals surface area (Å²) in [5.41, 5.74) is 2.36. The molecule has 1 aromatic heterocycles. The van der Waals surface area contributed by atoms with Crippen LogP contribution >= 0.6 is 0 Å². The van der Waals surface area contributed by atoms with Crippen molar-refractivity contribution in [2.45, 2.75) is 26.7 Å². The van der Waals surface area contributed by atoms with Crippen LogP contribution in [0.25, 0.3) is 11.5 Å². The molecule has 5 nitrogen and oxygen atoms in total. The molecule has 0 saturated heterocycles. The molecule has 0 bridgehead atoms. The summed E-state index contributed by atoms with van der Waals surface area (Å²) < 4.78 is 5.16. The summed E-state index contributed by atoms with van der Waals surface area (Å²) in [5.74, 6) is 1.04. The van der Waals surface area contributed by atoms with Crippen molar-refractivity contribution >= 4 is 11.6 Å². The quantitative estimate of drug-likeness (QED) is 0.666. The molecule has 0 spiro atoms. The van der Waals surface area contributed by atoms with Crippen LogP contribution in [0.2, 0.25) is 0 Å².